The van der Waals surface area contributed by atoms with Crippen molar-refractivity contribution in [3.05, 3.63) is 84.4 Å². The van der Waals surface area contributed by atoms with Crippen LogP contribution in [0.15, 0.2) is 78.9 Å². The first-order chi connectivity index (χ1) is 14.7. The van der Waals surface area contributed by atoms with Gasteiger partial charge in [0.25, 0.3) is 0 Å². The molecular formula is C26H29N3O. The summed E-state index contributed by atoms with van der Waals surface area (Å²) in [4.78, 5) is 14.9. The Morgan fingerprint density at radius 1 is 0.867 bits per heavy atom. The van der Waals surface area contributed by atoms with Crippen LogP contribution in [0.25, 0.3) is 11.1 Å². The summed E-state index contributed by atoms with van der Waals surface area (Å²) in [6.07, 6.45) is 2.43. The molecule has 30 heavy (non-hydrogen) atoms. The zero-order chi connectivity index (χ0) is 20.8. The number of amides is 1. The smallest absolute Gasteiger partial charge is 0.238 e. The number of nitrogens with one attached hydrogen (secondary N) is 2. The highest BCUT2D eigenvalue weighted by atomic mass is 16.1. The van der Waals surface area contributed by atoms with E-state index in [0.717, 1.165) is 24.5 Å². The number of hydrogen-bond donors (Lipinski definition) is 2. The van der Waals surface area contributed by atoms with Crippen LogP contribution >= 0.6 is 0 Å². The molecule has 0 saturated carbocycles. The maximum absolute atomic E-state index is 12.6. The maximum Gasteiger partial charge on any atom is 0.238 e. The van der Waals surface area contributed by atoms with Gasteiger partial charge in [0.15, 0.2) is 0 Å². The molecule has 0 aromatic heterocycles. The van der Waals surface area contributed by atoms with Crippen LogP contribution in [0.3, 0.4) is 0 Å². The van der Waals surface area contributed by atoms with Gasteiger partial charge in [-0.15, -0.1) is 0 Å². The summed E-state index contributed by atoms with van der Waals surface area (Å²) in [6, 6.07) is 27.0. The van der Waals surface area contributed by atoms with Gasteiger partial charge in [0.05, 0.1) is 17.9 Å². The van der Waals surface area contributed by atoms with Gasteiger partial charge in [-0.3, -0.25) is 4.79 Å². The van der Waals surface area contributed by atoms with Crippen molar-refractivity contribution in [3.63, 3.8) is 0 Å². The predicted octanol–water partition coefficient (Wildman–Crippen LogP) is 5.24. The normalized spacial score (nSPS) is 14.5. The lowest BCUT2D eigenvalue weighted by molar-refractivity contribution is -0.115. The third-order valence-electron chi connectivity index (χ3n) is 5.71. The first-order valence-corrected chi connectivity index (χ1v) is 10.7. The molecule has 0 spiro atoms. The quantitative estimate of drug-likeness (QED) is 0.571. The predicted molar refractivity (Wildman–Crippen MR) is 125 cm³/mol. The molecule has 1 aliphatic heterocycles. The summed E-state index contributed by atoms with van der Waals surface area (Å²) in [5, 5.41) is 6.42. The Balaban J connectivity index is 1.33. The minimum Gasteiger partial charge on any atom is -0.370 e. The zero-order valence-electron chi connectivity index (χ0n) is 17.5. The summed E-state index contributed by atoms with van der Waals surface area (Å²) in [5.41, 5.74) is 5.59. The largest absolute Gasteiger partial charge is 0.370 e. The van der Waals surface area contributed by atoms with Crippen LogP contribution in [0.2, 0.25) is 0 Å². The van der Waals surface area contributed by atoms with Crippen LogP contribution < -0.4 is 15.5 Å². The molecule has 154 valence electrons. The molecule has 1 amide bonds. The Hall–Kier alpha value is -3.11. The van der Waals surface area contributed by atoms with Crippen molar-refractivity contribution >= 4 is 17.3 Å². The molecule has 1 atom stereocenters. The van der Waals surface area contributed by atoms with E-state index in [2.05, 4.69) is 64.9 Å². The molecule has 1 aliphatic rings. The Labute approximate surface area is 178 Å². The first kappa shape index (κ1) is 20.2. The summed E-state index contributed by atoms with van der Waals surface area (Å²) < 4.78 is 0. The molecule has 0 bridgehead atoms. The van der Waals surface area contributed by atoms with Crippen molar-refractivity contribution < 1.29 is 4.79 Å². The van der Waals surface area contributed by atoms with Gasteiger partial charge in [-0.2, -0.15) is 0 Å². The van der Waals surface area contributed by atoms with Gasteiger partial charge in [0, 0.05) is 19.1 Å². The van der Waals surface area contributed by atoms with Crippen LogP contribution in [0, 0.1) is 0 Å². The van der Waals surface area contributed by atoms with Crippen molar-refractivity contribution in [2.24, 2.45) is 0 Å². The summed E-state index contributed by atoms with van der Waals surface area (Å²) in [7, 11) is 0. The molecule has 3 aromatic carbocycles. The van der Waals surface area contributed by atoms with Crippen molar-refractivity contribution in [1.82, 2.24) is 5.32 Å². The minimum absolute atomic E-state index is 0.0191. The summed E-state index contributed by atoms with van der Waals surface area (Å²) >= 11 is 0. The number of carbonyl (C=O) groups excluding carboxylic acids is 1. The number of carbonyl (C=O) groups is 1. The highest BCUT2D eigenvalue weighted by Crippen LogP contribution is 2.28. The van der Waals surface area contributed by atoms with Gasteiger partial charge >= 0.3 is 0 Å². The number of hydrogen-bond acceptors (Lipinski definition) is 3. The highest BCUT2D eigenvalue weighted by molar-refractivity contribution is 5.95. The second-order valence-electron chi connectivity index (χ2n) is 7.85. The zero-order valence-corrected chi connectivity index (χ0v) is 17.5. The number of anilines is 2. The van der Waals surface area contributed by atoms with Crippen molar-refractivity contribution in [2.75, 3.05) is 29.9 Å². The van der Waals surface area contributed by atoms with Gasteiger partial charge in [0.2, 0.25) is 5.91 Å². The van der Waals surface area contributed by atoms with Gasteiger partial charge in [-0.1, -0.05) is 66.7 Å². The number of rotatable bonds is 7. The lowest BCUT2D eigenvalue weighted by Gasteiger charge is -2.22. The summed E-state index contributed by atoms with van der Waals surface area (Å²) in [5.74, 6) is -0.0191. The van der Waals surface area contributed by atoms with Gasteiger partial charge in [-0.05, 0) is 48.6 Å². The SMILES string of the molecule is CC(NCC(=O)Nc1ccccc1N1CCCC1)c1ccc(-c2ccccc2)cc1. The molecule has 1 fully saturated rings. The third kappa shape index (κ3) is 4.89. The van der Waals surface area contributed by atoms with Crippen LogP contribution in [0.5, 0.6) is 0 Å². The highest BCUT2D eigenvalue weighted by Gasteiger charge is 2.16. The molecule has 4 nitrogen and oxygen atoms in total. The second-order valence-corrected chi connectivity index (χ2v) is 7.85. The third-order valence-corrected chi connectivity index (χ3v) is 5.71. The molecular weight excluding hydrogens is 370 g/mol. The van der Waals surface area contributed by atoms with E-state index >= 15 is 0 Å². The lowest BCUT2D eigenvalue weighted by atomic mass is 10.0. The monoisotopic (exact) mass is 399 g/mol. The maximum atomic E-state index is 12.6. The molecule has 3 aromatic rings. The molecule has 2 N–H and O–H groups in total. The average molecular weight is 400 g/mol. The van der Waals surface area contributed by atoms with E-state index in [1.807, 2.05) is 36.4 Å². The Bertz CT molecular complexity index is 963. The summed E-state index contributed by atoms with van der Waals surface area (Å²) in [6.45, 7) is 4.47. The van der Waals surface area contributed by atoms with Crippen LogP contribution in [-0.2, 0) is 4.79 Å². The fourth-order valence-corrected chi connectivity index (χ4v) is 3.97. The second kappa shape index (κ2) is 9.59. The van der Waals surface area contributed by atoms with E-state index in [-0.39, 0.29) is 18.5 Å². The van der Waals surface area contributed by atoms with Gasteiger partial charge in [-0.25, -0.2) is 0 Å². The molecule has 1 saturated heterocycles. The van der Waals surface area contributed by atoms with E-state index in [1.54, 1.807) is 0 Å². The molecule has 4 heteroatoms. The van der Waals surface area contributed by atoms with Gasteiger partial charge < -0.3 is 15.5 Å². The lowest BCUT2D eigenvalue weighted by Crippen LogP contribution is -2.30. The van der Waals surface area contributed by atoms with E-state index in [1.165, 1.54) is 29.5 Å². The van der Waals surface area contributed by atoms with Crippen molar-refractivity contribution in [2.45, 2.75) is 25.8 Å². The van der Waals surface area contributed by atoms with E-state index < -0.39 is 0 Å². The number of para-hydroxylation sites is 2. The van der Waals surface area contributed by atoms with Gasteiger partial charge in [0.1, 0.15) is 0 Å². The Morgan fingerprint density at radius 3 is 2.23 bits per heavy atom. The van der Waals surface area contributed by atoms with E-state index in [4.69, 9.17) is 0 Å². The van der Waals surface area contributed by atoms with E-state index in [9.17, 15) is 4.79 Å². The van der Waals surface area contributed by atoms with E-state index in [0.29, 0.717) is 0 Å². The Morgan fingerprint density at radius 2 is 1.50 bits per heavy atom. The fourth-order valence-electron chi connectivity index (χ4n) is 3.97. The van der Waals surface area contributed by atoms with Crippen molar-refractivity contribution in [1.29, 1.82) is 0 Å². The molecule has 4 rings (SSSR count). The topological polar surface area (TPSA) is 44.4 Å². The molecule has 0 aliphatic carbocycles. The van der Waals surface area contributed by atoms with Crippen LogP contribution in [0.1, 0.15) is 31.4 Å². The standard InChI is InChI=1S/C26H29N3O/c1-20(21-13-15-23(16-14-21)22-9-3-2-4-10-22)27-19-26(30)28-24-11-5-6-12-25(24)29-17-7-8-18-29/h2-6,9-16,20,27H,7-8,17-19H2,1H3,(H,28,30). The minimum atomic E-state index is -0.0191. The number of nitrogens with zero attached hydrogens (tertiary/aromatic N) is 1. The molecule has 0 radical (unpaired) electrons. The Kier molecular flexibility index (Phi) is 6.45. The molecule has 1 unspecified atom stereocenters. The molecule has 1 heterocycles. The average Bonchev–Trinajstić information content (AvgIpc) is 3.33. The number of benzene rings is 3. The van der Waals surface area contributed by atoms with Crippen molar-refractivity contribution in [3.8, 4) is 11.1 Å². The van der Waals surface area contributed by atoms with Crippen LogP contribution in [-0.4, -0.2) is 25.5 Å². The fraction of sp³-hybridized carbons (Fsp3) is 0.269. The first-order valence-electron chi connectivity index (χ1n) is 10.7. The van der Waals surface area contributed by atoms with Crippen LogP contribution in [0.4, 0.5) is 11.4 Å².